The first kappa shape index (κ1) is 11.7. The average molecular weight is 205 g/mol. The van der Waals surface area contributed by atoms with E-state index in [1.165, 1.54) is 5.69 Å². The van der Waals surface area contributed by atoms with Gasteiger partial charge in [-0.05, 0) is 45.0 Å². The first-order valence-electron chi connectivity index (χ1n) is 5.09. The van der Waals surface area contributed by atoms with E-state index in [1.54, 1.807) is 0 Å². The highest BCUT2D eigenvalue weighted by Gasteiger charge is 2.06. The first-order valence-corrected chi connectivity index (χ1v) is 5.09. The number of benzene rings is 1. The van der Waals surface area contributed by atoms with E-state index in [2.05, 4.69) is 15.1 Å². The van der Waals surface area contributed by atoms with Crippen LogP contribution >= 0.6 is 0 Å². The summed E-state index contributed by atoms with van der Waals surface area (Å²) in [6, 6.07) is 8.03. The summed E-state index contributed by atoms with van der Waals surface area (Å²) >= 11 is 0. The zero-order chi connectivity index (χ0) is 11.5. The summed E-state index contributed by atoms with van der Waals surface area (Å²) in [5, 5.41) is 8.40. The number of anilines is 1. The van der Waals surface area contributed by atoms with E-state index < -0.39 is 0 Å². The maximum atomic E-state index is 4.21. The molecule has 0 atom stereocenters. The molecular weight excluding hydrogens is 186 g/mol. The predicted octanol–water partition coefficient (Wildman–Crippen LogP) is 3.63. The van der Waals surface area contributed by atoms with Crippen LogP contribution in [-0.2, 0) is 0 Å². The van der Waals surface area contributed by atoms with Crippen LogP contribution < -0.4 is 4.90 Å². The monoisotopic (exact) mass is 205 g/mol. The normalized spacial score (nSPS) is 12.1. The van der Waals surface area contributed by atoms with E-state index in [1.807, 2.05) is 59.1 Å². The van der Waals surface area contributed by atoms with Gasteiger partial charge in [0.15, 0.2) is 0 Å². The van der Waals surface area contributed by atoms with Crippen LogP contribution in [0, 0.1) is 0 Å². The van der Waals surface area contributed by atoms with E-state index in [4.69, 9.17) is 0 Å². The second-order valence-electron chi connectivity index (χ2n) is 4.78. The van der Waals surface area contributed by atoms with E-state index in [9.17, 15) is 0 Å². The molecule has 0 aliphatic heterocycles. The van der Waals surface area contributed by atoms with Gasteiger partial charge in [0.2, 0.25) is 0 Å². The lowest BCUT2D eigenvalue weighted by atomic mass is 10.1. The Hall–Kier alpha value is -1.38. The molecule has 0 fully saturated rings. The molecule has 0 N–H and O–H groups in total. The maximum Gasteiger partial charge on any atom is 0.0854 e. The third-order valence-electron chi connectivity index (χ3n) is 1.83. The van der Waals surface area contributed by atoms with E-state index >= 15 is 0 Å². The van der Waals surface area contributed by atoms with Crippen LogP contribution in [0.4, 0.5) is 11.4 Å². The highest BCUT2D eigenvalue weighted by Crippen LogP contribution is 2.20. The fourth-order valence-electron chi connectivity index (χ4n) is 1.03. The largest absolute Gasteiger partial charge is 0.378 e. The molecule has 0 aromatic heterocycles. The molecule has 0 saturated heterocycles. The summed E-state index contributed by atoms with van der Waals surface area (Å²) in [5.74, 6) is 0. The van der Waals surface area contributed by atoms with Gasteiger partial charge in [-0.15, -0.1) is 0 Å². The van der Waals surface area contributed by atoms with Gasteiger partial charge < -0.3 is 4.90 Å². The van der Waals surface area contributed by atoms with E-state index in [0.717, 1.165) is 5.69 Å². The van der Waals surface area contributed by atoms with Gasteiger partial charge in [-0.2, -0.15) is 10.2 Å². The second-order valence-corrected chi connectivity index (χ2v) is 4.78. The molecule has 0 spiro atoms. The minimum atomic E-state index is -0.111. The van der Waals surface area contributed by atoms with Crippen LogP contribution in [0.5, 0.6) is 0 Å². The summed E-state index contributed by atoms with van der Waals surface area (Å²) in [7, 11) is 4.04. The molecule has 0 bridgehead atoms. The van der Waals surface area contributed by atoms with E-state index in [-0.39, 0.29) is 5.54 Å². The van der Waals surface area contributed by atoms with Crippen LogP contribution in [0.1, 0.15) is 20.8 Å². The Balaban J connectivity index is 2.77. The summed E-state index contributed by atoms with van der Waals surface area (Å²) in [6.45, 7) is 6.10. The molecule has 3 heteroatoms. The molecule has 1 rings (SSSR count). The minimum Gasteiger partial charge on any atom is -0.378 e. The topological polar surface area (TPSA) is 28.0 Å². The van der Waals surface area contributed by atoms with Gasteiger partial charge in [-0.3, -0.25) is 0 Å². The molecule has 82 valence electrons. The van der Waals surface area contributed by atoms with Crippen molar-refractivity contribution in [1.82, 2.24) is 0 Å². The Morgan fingerprint density at radius 2 is 1.53 bits per heavy atom. The lowest BCUT2D eigenvalue weighted by molar-refractivity contribution is 0.552. The lowest BCUT2D eigenvalue weighted by Gasteiger charge is -2.12. The van der Waals surface area contributed by atoms with Crippen molar-refractivity contribution in [3.8, 4) is 0 Å². The number of hydrogen-bond donors (Lipinski definition) is 0. The Labute approximate surface area is 91.8 Å². The van der Waals surface area contributed by atoms with Crippen molar-refractivity contribution in [2.45, 2.75) is 26.3 Å². The average Bonchev–Trinajstić information content (AvgIpc) is 2.14. The van der Waals surface area contributed by atoms with Gasteiger partial charge in [0, 0.05) is 19.8 Å². The summed E-state index contributed by atoms with van der Waals surface area (Å²) in [6.07, 6.45) is 0. The standard InChI is InChI=1S/C12H19N3/c1-12(2,3)14-13-10-6-8-11(9-7-10)15(4)5/h6-9H,1-5H3/b14-13+. The molecule has 0 aliphatic rings. The number of azo groups is 1. The van der Waals surface area contributed by atoms with Gasteiger partial charge in [0.05, 0.1) is 11.2 Å². The van der Waals surface area contributed by atoms with Crippen molar-refractivity contribution in [3.05, 3.63) is 24.3 Å². The number of nitrogens with zero attached hydrogens (tertiary/aromatic N) is 3. The van der Waals surface area contributed by atoms with Crippen LogP contribution in [0.2, 0.25) is 0 Å². The molecule has 1 aromatic rings. The van der Waals surface area contributed by atoms with Gasteiger partial charge in [-0.1, -0.05) is 0 Å². The van der Waals surface area contributed by atoms with Crippen molar-refractivity contribution in [1.29, 1.82) is 0 Å². The minimum absolute atomic E-state index is 0.111. The van der Waals surface area contributed by atoms with Crippen LogP contribution in [-0.4, -0.2) is 19.6 Å². The van der Waals surface area contributed by atoms with Crippen molar-refractivity contribution >= 4 is 11.4 Å². The fraction of sp³-hybridized carbons (Fsp3) is 0.500. The highest BCUT2D eigenvalue weighted by atomic mass is 15.1. The molecular formula is C12H19N3. The van der Waals surface area contributed by atoms with Crippen molar-refractivity contribution in [2.75, 3.05) is 19.0 Å². The second kappa shape index (κ2) is 4.43. The summed E-state index contributed by atoms with van der Waals surface area (Å²) < 4.78 is 0. The Morgan fingerprint density at radius 1 is 1.00 bits per heavy atom. The van der Waals surface area contributed by atoms with Gasteiger partial charge in [0.1, 0.15) is 0 Å². The van der Waals surface area contributed by atoms with Crippen molar-refractivity contribution in [3.63, 3.8) is 0 Å². The van der Waals surface area contributed by atoms with Gasteiger partial charge in [0.25, 0.3) is 0 Å². The van der Waals surface area contributed by atoms with Gasteiger partial charge >= 0.3 is 0 Å². The maximum absolute atomic E-state index is 4.21. The molecule has 0 amide bonds. The van der Waals surface area contributed by atoms with Crippen molar-refractivity contribution < 1.29 is 0 Å². The SMILES string of the molecule is CN(C)c1ccc(/N=N/C(C)(C)C)cc1. The highest BCUT2D eigenvalue weighted by molar-refractivity contribution is 5.51. The molecule has 0 aliphatic carbocycles. The molecule has 15 heavy (non-hydrogen) atoms. The quantitative estimate of drug-likeness (QED) is 0.677. The molecule has 0 unspecified atom stereocenters. The number of hydrogen-bond acceptors (Lipinski definition) is 3. The van der Waals surface area contributed by atoms with Crippen molar-refractivity contribution in [2.24, 2.45) is 10.2 Å². The summed E-state index contributed by atoms with van der Waals surface area (Å²) in [4.78, 5) is 2.06. The third-order valence-corrected chi connectivity index (χ3v) is 1.83. The molecule has 0 saturated carbocycles. The fourth-order valence-corrected chi connectivity index (χ4v) is 1.03. The first-order chi connectivity index (χ1) is 6.88. The lowest BCUT2D eigenvalue weighted by Crippen LogP contribution is -2.08. The Bertz CT molecular complexity index is 331. The van der Waals surface area contributed by atoms with Crippen LogP contribution in [0.15, 0.2) is 34.5 Å². The third kappa shape index (κ3) is 4.11. The van der Waals surface area contributed by atoms with Gasteiger partial charge in [-0.25, -0.2) is 0 Å². The molecule has 0 heterocycles. The zero-order valence-corrected chi connectivity index (χ0v) is 10.2. The summed E-state index contributed by atoms with van der Waals surface area (Å²) in [5.41, 5.74) is 1.96. The molecule has 1 aromatic carbocycles. The zero-order valence-electron chi connectivity index (χ0n) is 10.2. The predicted molar refractivity (Wildman–Crippen MR) is 65.0 cm³/mol. The van der Waals surface area contributed by atoms with Crippen LogP contribution in [0.3, 0.4) is 0 Å². The number of rotatable bonds is 2. The van der Waals surface area contributed by atoms with Crippen LogP contribution in [0.25, 0.3) is 0 Å². The Morgan fingerprint density at radius 3 is 1.93 bits per heavy atom. The smallest absolute Gasteiger partial charge is 0.0854 e. The van der Waals surface area contributed by atoms with E-state index in [0.29, 0.717) is 0 Å². The molecule has 0 radical (unpaired) electrons. The molecule has 3 nitrogen and oxygen atoms in total. The Kier molecular flexibility index (Phi) is 3.45.